The molecule has 72 valence electrons. The number of halogens is 3. The van der Waals surface area contributed by atoms with Crippen LogP contribution in [0.25, 0.3) is 0 Å². The van der Waals surface area contributed by atoms with Gasteiger partial charge >= 0.3 is 0 Å². The van der Waals surface area contributed by atoms with Crippen LogP contribution in [0.4, 0.5) is 8.78 Å². The Morgan fingerprint density at radius 1 is 1.58 bits per heavy atom. The maximum absolute atomic E-state index is 12.0. The summed E-state index contributed by atoms with van der Waals surface area (Å²) in [6, 6.07) is 0.205. The summed E-state index contributed by atoms with van der Waals surface area (Å²) in [5.41, 5.74) is 0. The molecule has 0 aromatic heterocycles. The predicted molar refractivity (Wildman–Crippen MR) is 50.6 cm³/mol. The van der Waals surface area contributed by atoms with Crippen LogP contribution in [0, 0.1) is 0 Å². The summed E-state index contributed by atoms with van der Waals surface area (Å²) < 4.78 is 29.0. The van der Waals surface area contributed by atoms with Crippen molar-refractivity contribution >= 4 is 23.0 Å². The summed E-state index contributed by atoms with van der Waals surface area (Å²) in [6.45, 7) is 1.24. The Hall–Kier alpha value is 0.510. The maximum Gasteiger partial charge on any atom is 0.251 e. The van der Waals surface area contributed by atoms with Crippen LogP contribution in [0.1, 0.15) is 12.8 Å². The molecule has 1 aliphatic rings. The van der Waals surface area contributed by atoms with E-state index in [-0.39, 0.29) is 12.6 Å². The van der Waals surface area contributed by atoms with Crippen molar-refractivity contribution in [3.63, 3.8) is 0 Å². The number of rotatable bonds is 4. The molecule has 12 heavy (non-hydrogen) atoms. The van der Waals surface area contributed by atoms with Gasteiger partial charge in [0.2, 0.25) is 0 Å². The fourth-order valence-corrected chi connectivity index (χ4v) is 1.99. The average molecular weight is 291 g/mol. The van der Waals surface area contributed by atoms with Gasteiger partial charge in [0.25, 0.3) is 6.43 Å². The lowest BCUT2D eigenvalue weighted by molar-refractivity contribution is 0.0744. The first-order valence-electron chi connectivity index (χ1n) is 3.99. The van der Waals surface area contributed by atoms with Crippen molar-refractivity contribution < 1.29 is 11.8 Å². The van der Waals surface area contributed by atoms with Gasteiger partial charge in [0, 0.05) is 6.04 Å². The van der Waals surface area contributed by atoms with Crippen molar-refractivity contribution in [1.29, 1.82) is 0 Å². The summed E-state index contributed by atoms with van der Waals surface area (Å²) in [4.78, 5) is 1.81. The van der Waals surface area contributed by atoms with E-state index in [1.165, 1.54) is 0 Å². The molecule has 0 aliphatic carbocycles. The molecule has 0 saturated carbocycles. The monoisotopic (exact) mass is 291 g/mol. The molecule has 0 amide bonds. The normalized spacial score (nSPS) is 25.5. The second kappa shape index (κ2) is 5.29. The number of hydrogen-bond acceptors (Lipinski definition) is 2. The molecule has 1 fully saturated rings. The number of nitrogens with zero attached hydrogens (tertiary/aromatic N) is 1. The molecule has 0 radical (unpaired) electrons. The lowest BCUT2D eigenvalue weighted by Gasteiger charge is -2.22. The van der Waals surface area contributed by atoms with Gasteiger partial charge in [0.1, 0.15) is 23.0 Å². The zero-order valence-electron chi connectivity index (χ0n) is 6.68. The number of likely N-dealkylation sites (tertiary alicyclic amines) is 1. The van der Waals surface area contributed by atoms with Crippen LogP contribution in [0.3, 0.4) is 0 Å². The molecule has 1 rings (SSSR count). The highest BCUT2D eigenvalue weighted by Gasteiger charge is 2.26. The molecule has 2 nitrogen and oxygen atoms in total. The lowest BCUT2D eigenvalue weighted by atomic mass is 10.2. The van der Waals surface area contributed by atoms with E-state index in [9.17, 15) is 8.78 Å². The van der Waals surface area contributed by atoms with Crippen molar-refractivity contribution in [3.05, 3.63) is 0 Å². The lowest BCUT2D eigenvalue weighted by Crippen LogP contribution is -2.35. The molecule has 0 aromatic rings. The molecular weight excluding hydrogens is 279 g/mol. The average Bonchev–Trinajstić information content (AvgIpc) is 2.37. The summed E-state index contributed by atoms with van der Waals surface area (Å²) in [5.74, 6) is 0. The summed E-state index contributed by atoms with van der Waals surface area (Å²) in [5, 5.41) is 0. The van der Waals surface area contributed by atoms with Crippen LogP contribution in [-0.4, -0.2) is 37.1 Å². The van der Waals surface area contributed by atoms with Gasteiger partial charge in [-0.2, -0.15) is 0 Å². The van der Waals surface area contributed by atoms with Gasteiger partial charge < -0.3 is 3.07 Å². The molecule has 1 atom stereocenters. The van der Waals surface area contributed by atoms with Crippen LogP contribution >= 0.6 is 23.0 Å². The van der Waals surface area contributed by atoms with E-state index in [1.54, 1.807) is 23.0 Å². The zero-order chi connectivity index (χ0) is 8.97. The Kier molecular flexibility index (Phi) is 4.66. The highest BCUT2D eigenvalue weighted by molar-refractivity contribution is 14.1. The summed E-state index contributed by atoms with van der Waals surface area (Å²) in [7, 11) is 0. The minimum atomic E-state index is -2.22. The van der Waals surface area contributed by atoms with E-state index in [4.69, 9.17) is 3.07 Å². The van der Waals surface area contributed by atoms with Gasteiger partial charge in [0.05, 0.1) is 13.2 Å². The topological polar surface area (TPSA) is 12.5 Å². The minimum Gasteiger partial charge on any atom is -0.314 e. The van der Waals surface area contributed by atoms with Gasteiger partial charge in [-0.25, -0.2) is 8.78 Å². The molecule has 1 aliphatic heterocycles. The highest BCUT2D eigenvalue weighted by atomic mass is 127. The minimum absolute atomic E-state index is 0.106. The van der Waals surface area contributed by atoms with Gasteiger partial charge in [-0.05, 0) is 19.4 Å². The van der Waals surface area contributed by atoms with Crippen LogP contribution in [0.2, 0.25) is 0 Å². The van der Waals surface area contributed by atoms with Crippen LogP contribution in [0.5, 0.6) is 0 Å². The molecule has 0 spiro atoms. The Labute approximate surface area is 84.9 Å². The number of hydrogen-bond donors (Lipinski definition) is 0. The van der Waals surface area contributed by atoms with Crippen molar-refractivity contribution in [2.45, 2.75) is 25.3 Å². The second-order valence-corrected chi connectivity index (χ2v) is 3.58. The maximum atomic E-state index is 12.0. The second-order valence-electron chi connectivity index (χ2n) is 2.96. The van der Waals surface area contributed by atoms with E-state index in [0.717, 1.165) is 19.4 Å². The predicted octanol–water partition coefficient (Wildman–Crippen LogP) is 2.08. The van der Waals surface area contributed by atoms with Crippen molar-refractivity contribution in [1.82, 2.24) is 4.90 Å². The van der Waals surface area contributed by atoms with Crippen LogP contribution in [0.15, 0.2) is 0 Å². The first kappa shape index (κ1) is 10.6. The summed E-state index contributed by atoms with van der Waals surface area (Å²) in [6.07, 6.45) is -0.229. The number of alkyl halides is 2. The molecule has 1 unspecified atom stereocenters. The van der Waals surface area contributed by atoms with Crippen LogP contribution < -0.4 is 0 Å². The van der Waals surface area contributed by atoms with E-state index < -0.39 is 6.43 Å². The standard InChI is InChI=1S/C7H12F2INO/c8-7(9)4-11-3-1-2-6(11)5-12-10/h6-7H,1-5H2. The van der Waals surface area contributed by atoms with Crippen molar-refractivity contribution in [2.24, 2.45) is 0 Å². The Balaban J connectivity index is 2.30. The molecule has 1 heterocycles. The molecular formula is C7H12F2INO. The van der Waals surface area contributed by atoms with Gasteiger partial charge in [0.15, 0.2) is 0 Å². The first-order valence-corrected chi connectivity index (χ1v) is 4.88. The Morgan fingerprint density at radius 3 is 2.92 bits per heavy atom. The molecule has 0 bridgehead atoms. The Morgan fingerprint density at radius 2 is 2.33 bits per heavy atom. The third-order valence-electron chi connectivity index (χ3n) is 2.13. The molecule has 1 saturated heterocycles. The van der Waals surface area contributed by atoms with Gasteiger partial charge in [-0.15, -0.1) is 0 Å². The quantitative estimate of drug-likeness (QED) is 0.735. The first-order chi connectivity index (χ1) is 5.74. The largest absolute Gasteiger partial charge is 0.314 e. The van der Waals surface area contributed by atoms with Crippen LogP contribution in [-0.2, 0) is 3.07 Å². The third-order valence-corrected chi connectivity index (χ3v) is 2.49. The van der Waals surface area contributed by atoms with E-state index in [1.807, 2.05) is 4.90 Å². The van der Waals surface area contributed by atoms with Crippen molar-refractivity contribution in [2.75, 3.05) is 19.7 Å². The molecule has 5 heteroatoms. The SMILES string of the molecule is FC(F)CN1CCCC1COI. The Bertz CT molecular complexity index is 137. The summed E-state index contributed by atoms with van der Waals surface area (Å²) >= 11 is 1.81. The zero-order valence-corrected chi connectivity index (χ0v) is 8.84. The van der Waals surface area contributed by atoms with Crippen molar-refractivity contribution in [3.8, 4) is 0 Å². The molecule has 0 N–H and O–H groups in total. The van der Waals surface area contributed by atoms with E-state index >= 15 is 0 Å². The smallest absolute Gasteiger partial charge is 0.251 e. The fourth-order valence-electron chi connectivity index (χ4n) is 1.57. The van der Waals surface area contributed by atoms with Gasteiger partial charge in [-0.3, -0.25) is 4.90 Å². The fraction of sp³-hybridized carbons (Fsp3) is 1.00. The highest BCUT2D eigenvalue weighted by Crippen LogP contribution is 2.19. The van der Waals surface area contributed by atoms with E-state index in [2.05, 4.69) is 0 Å². The van der Waals surface area contributed by atoms with Gasteiger partial charge in [-0.1, -0.05) is 0 Å². The third kappa shape index (κ3) is 3.10. The van der Waals surface area contributed by atoms with E-state index in [0.29, 0.717) is 6.61 Å². The molecule has 0 aromatic carbocycles.